The first-order valence-electron chi connectivity index (χ1n) is 3.53. The third-order valence-corrected chi connectivity index (χ3v) is 2.10. The highest BCUT2D eigenvalue weighted by Gasteiger charge is 2.17. The Labute approximate surface area is 58.2 Å². The molecule has 0 aliphatic heterocycles. The van der Waals surface area contributed by atoms with E-state index in [1.165, 1.54) is 0 Å². The van der Waals surface area contributed by atoms with E-state index in [0.29, 0.717) is 6.04 Å². The Balaban J connectivity index is 3.70. The molecular weight excluding hydrogens is 112 g/mol. The summed E-state index contributed by atoms with van der Waals surface area (Å²) in [6, 6.07) is 0.675. The molecule has 56 valence electrons. The first-order valence-corrected chi connectivity index (χ1v) is 3.53. The van der Waals surface area contributed by atoms with Crippen molar-refractivity contribution in [3.63, 3.8) is 0 Å². The van der Waals surface area contributed by atoms with Crippen molar-refractivity contribution in [3.05, 3.63) is 0 Å². The monoisotopic (exact) mass is 131 g/mol. The summed E-state index contributed by atoms with van der Waals surface area (Å²) in [4.78, 5) is 0. The van der Waals surface area contributed by atoms with Crippen molar-refractivity contribution < 1.29 is 4.48 Å². The Morgan fingerprint density at radius 3 is 1.89 bits per heavy atom. The second-order valence-electron chi connectivity index (χ2n) is 3.38. The lowest BCUT2D eigenvalue weighted by molar-refractivity contribution is -0.909. The zero-order valence-electron chi connectivity index (χ0n) is 7.02. The number of hydrogen-bond acceptors (Lipinski definition) is 1. The quantitative estimate of drug-likeness (QED) is 0.552. The summed E-state index contributed by atoms with van der Waals surface area (Å²) < 4.78 is 1.02. The third-order valence-electron chi connectivity index (χ3n) is 2.10. The summed E-state index contributed by atoms with van der Waals surface area (Å²) in [5.74, 6) is 0. The molecule has 0 unspecified atom stereocenters. The van der Waals surface area contributed by atoms with Crippen molar-refractivity contribution in [1.82, 2.24) is 0 Å². The lowest BCUT2D eigenvalue weighted by Gasteiger charge is -2.33. The smallest absolute Gasteiger partial charge is 0.0909 e. The van der Waals surface area contributed by atoms with Crippen LogP contribution in [0.4, 0.5) is 0 Å². The third kappa shape index (κ3) is 2.82. The van der Waals surface area contributed by atoms with E-state index in [1.807, 2.05) is 0 Å². The van der Waals surface area contributed by atoms with Crippen LogP contribution in [0.15, 0.2) is 0 Å². The minimum atomic E-state index is 0.675. The second-order valence-corrected chi connectivity index (χ2v) is 3.38. The van der Waals surface area contributed by atoms with Gasteiger partial charge in [0, 0.05) is 6.54 Å². The molecular formula is C7H19N2+. The van der Waals surface area contributed by atoms with Gasteiger partial charge in [-0.25, -0.2) is 0 Å². The first-order chi connectivity index (χ1) is 4.00. The molecule has 9 heavy (non-hydrogen) atoms. The first kappa shape index (κ1) is 8.92. The Morgan fingerprint density at radius 2 is 1.78 bits per heavy atom. The van der Waals surface area contributed by atoms with Crippen LogP contribution < -0.4 is 5.73 Å². The topological polar surface area (TPSA) is 26.0 Å². The highest BCUT2D eigenvalue weighted by Crippen LogP contribution is 2.02. The van der Waals surface area contributed by atoms with E-state index >= 15 is 0 Å². The largest absolute Gasteiger partial charge is 0.326 e. The minimum absolute atomic E-state index is 0.675. The average molecular weight is 131 g/mol. The maximum absolute atomic E-state index is 5.44. The Hall–Kier alpha value is -0.0800. The van der Waals surface area contributed by atoms with Gasteiger partial charge in [0.25, 0.3) is 0 Å². The summed E-state index contributed by atoms with van der Waals surface area (Å²) in [5, 5.41) is 0. The van der Waals surface area contributed by atoms with Crippen LogP contribution in [-0.2, 0) is 0 Å². The maximum Gasteiger partial charge on any atom is 0.0909 e. The molecule has 0 saturated carbocycles. The molecule has 0 fully saturated rings. The SMILES string of the molecule is CC(C)[N+](C)(C)CCN. The molecule has 2 N–H and O–H groups in total. The summed E-state index contributed by atoms with van der Waals surface area (Å²) in [6.07, 6.45) is 0. The van der Waals surface area contributed by atoms with Gasteiger partial charge in [-0.3, -0.25) is 0 Å². The fourth-order valence-corrected chi connectivity index (χ4v) is 0.591. The van der Waals surface area contributed by atoms with Crippen molar-refractivity contribution in [2.75, 3.05) is 27.2 Å². The van der Waals surface area contributed by atoms with Crippen LogP contribution in [0.1, 0.15) is 13.8 Å². The normalized spacial score (nSPS) is 12.7. The number of hydrogen-bond donors (Lipinski definition) is 1. The number of nitrogens with two attached hydrogens (primary N) is 1. The standard InChI is InChI=1S/C7H19N2/c1-7(2)9(3,4)6-5-8/h7H,5-6,8H2,1-4H3/q+1. The van der Waals surface area contributed by atoms with Crippen LogP contribution in [0.3, 0.4) is 0 Å². The molecule has 2 heteroatoms. The van der Waals surface area contributed by atoms with Gasteiger partial charge in [0.05, 0.1) is 26.7 Å². The molecule has 0 aliphatic carbocycles. The summed E-state index contributed by atoms with van der Waals surface area (Å²) >= 11 is 0. The van der Waals surface area contributed by atoms with E-state index in [4.69, 9.17) is 5.73 Å². The van der Waals surface area contributed by atoms with E-state index in [2.05, 4.69) is 27.9 Å². The van der Waals surface area contributed by atoms with Crippen molar-refractivity contribution in [2.24, 2.45) is 5.73 Å². The predicted molar refractivity (Wildman–Crippen MR) is 41.2 cm³/mol. The highest BCUT2D eigenvalue weighted by molar-refractivity contribution is 4.40. The zero-order chi connectivity index (χ0) is 7.49. The molecule has 2 nitrogen and oxygen atoms in total. The van der Waals surface area contributed by atoms with Crippen molar-refractivity contribution in [3.8, 4) is 0 Å². The summed E-state index contributed by atoms with van der Waals surface area (Å²) in [5.41, 5.74) is 5.44. The lowest BCUT2D eigenvalue weighted by Crippen LogP contribution is -2.48. The van der Waals surface area contributed by atoms with Gasteiger partial charge in [-0.15, -0.1) is 0 Å². The lowest BCUT2D eigenvalue weighted by atomic mass is 10.3. The van der Waals surface area contributed by atoms with Crippen LogP contribution in [0.25, 0.3) is 0 Å². The van der Waals surface area contributed by atoms with Gasteiger partial charge in [0.15, 0.2) is 0 Å². The Morgan fingerprint density at radius 1 is 1.33 bits per heavy atom. The van der Waals surface area contributed by atoms with E-state index in [-0.39, 0.29) is 0 Å². The van der Waals surface area contributed by atoms with Gasteiger partial charge < -0.3 is 10.2 Å². The maximum atomic E-state index is 5.44. The zero-order valence-corrected chi connectivity index (χ0v) is 7.02. The number of rotatable bonds is 3. The van der Waals surface area contributed by atoms with Crippen molar-refractivity contribution >= 4 is 0 Å². The number of nitrogens with zero attached hydrogens (tertiary/aromatic N) is 1. The molecule has 0 aromatic carbocycles. The van der Waals surface area contributed by atoms with E-state index < -0.39 is 0 Å². The predicted octanol–water partition coefficient (Wildman–Crippen LogP) is 0.430. The number of likely N-dealkylation sites (N-methyl/N-ethyl adjacent to an activating group) is 1. The average Bonchev–Trinajstić information content (AvgIpc) is 1.65. The fourth-order valence-electron chi connectivity index (χ4n) is 0.591. The fraction of sp³-hybridized carbons (Fsp3) is 1.00. The molecule has 0 atom stereocenters. The number of quaternary nitrogens is 1. The molecule has 0 saturated heterocycles. The van der Waals surface area contributed by atoms with Crippen molar-refractivity contribution in [2.45, 2.75) is 19.9 Å². The van der Waals surface area contributed by atoms with Gasteiger partial charge in [0.1, 0.15) is 0 Å². The molecule has 0 rings (SSSR count). The molecule has 0 amide bonds. The summed E-state index contributed by atoms with van der Waals surface area (Å²) in [7, 11) is 4.41. The van der Waals surface area contributed by atoms with E-state index in [0.717, 1.165) is 17.6 Å². The highest BCUT2D eigenvalue weighted by atomic mass is 15.3. The second kappa shape index (κ2) is 3.18. The Kier molecular flexibility index (Phi) is 3.15. The van der Waals surface area contributed by atoms with Crippen LogP contribution >= 0.6 is 0 Å². The van der Waals surface area contributed by atoms with E-state index in [9.17, 15) is 0 Å². The van der Waals surface area contributed by atoms with Crippen LogP contribution in [-0.4, -0.2) is 37.7 Å². The van der Waals surface area contributed by atoms with Crippen molar-refractivity contribution in [1.29, 1.82) is 0 Å². The van der Waals surface area contributed by atoms with Gasteiger partial charge >= 0.3 is 0 Å². The van der Waals surface area contributed by atoms with Gasteiger partial charge in [-0.05, 0) is 13.8 Å². The molecule has 0 aromatic rings. The van der Waals surface area contributed by atoms with Gasteiger partial charge in [0.2, 0.25) is 0 Å². The minimum Gasteiger partial charge on any atom is -0.326 e. The Bertz CT molecular complexity index is 77.0. The molecule has 0 heterocycles. The molecule has 0 radical (unpaired) electrons. The van der Waals surface area contributed by atoms with E-state index in [1.54, 1.807) is 0 Å². The van der Waals surface area contributed by atoms with Gasteiger partial charge in [-0.1, -0.05) is 0 Å². The summed E-state index contributed by atoms with van der Waals surface area (Å²) in [6.45, 7) is 6.29. The molecule has 0 aliphatic rings. The van der Waals surface area contributed by atoms with Gasteiger partial charge in [-0.2, -0.15) is 0 Å². The van der Waals surface area contributed by atoms with Crippen LogP contribution in [0.2, 0.25) is 0 Å². The molecule has 0 bridgehead atoms. The molecule has 0 spiro atoms. The molecule has 0 aromatic heterocycles. The van der Waals surface area contributed by atoms with Crippen LogP contribution in [0.5, 0.6) is 0 Å². The van der Waals surface area contributed by atoms with Crippen LogP contribution in [0, 0.1) is 0 Å².